The van der Waals surface area contributed by atoms with E-state index in [1.807, 2.05) is 38.1 Å². The van der Waals surface area contributed by atoms with Crippen molar-refractivity contribution < 1.29 is 9.59 Å². The number of amides is 2. The summed E-state index contributed by atoms with van der Waals surface area (Å²) >= 11 is 7.48. The van der Waals surface area contributed by atoms with Crippen LogP contribution in [0.4, 0.5) is 0 Å². The predicted octanol–water partition coefficient (Wildman–Crippen LogP) is 3.68. The molecular weight excluding hydrogens is 356 g/mol. The van der Waals surface area contributed by atoms with Gasteiger partial charge in [0.1, 0.15) is 0 Å². The topological polar surface area (TPSA) is 58.2 Å². The molecule has 0 radical (unpaired) electrons. The fourth-order valence-electron chi connectivity index (χ4n) is 2.12. The minimum absolute atomic E-state index is 0.0578. The number of hydrogen-bond donors (Lipinski definition) is 2. The monoisotopic (exact) mass is 376 g/mol. The van der Waals surface area contributed by atoms with Gasteiger partial charge in [0, 0.05) is 18.0 Å². The van der Waals surface area contributed by atoms with E-state index in [1.54, 1.807) is 24.3 Å². The molecule has 0 fully saturated rings. The number of rotatable bonds is 7. The molecule has 2 aromatic carbocycles. The molecule has 4 nitrogen and oxygen atoms in total. The van der Waals surface area contributed by atoms with Crippen LogP contribution in [0.2, 0.25) is 5.02 Å². The Hall–Kier alpha value is -1.98. The van der Waals surface area contributed by atoms with E-state index in [4.69, 9.17) is 11.6 Å². The Bertz CT molecular complexity index is 734. The summed E-state index contributed by atoms with van der Waals surface area (Å²) in [5.74, 6) is -0.306. The van der Waals surface area contributed by atoms with E-state index in [0.717, 1.165) is 4.90 Å². The number of hydrogen-bond acceptors (Lipinski definition) is 3. The highest BCUT2D eigenvalue weighted by Crippen LogP contribution is 2.23. The third-order valence-corrected chi connectivity index (χ3v) is 4.97. The Balaban J connectivity index is 1.72. The smallest absolute Gasteiger partial charge is 0.252 e. The molecule has 2 N–H and O–H groups in total. The SMILES string of the molecule is Cc1ccc(SC(C)C(=O)NCCNC(=O)c2ccccc2Cl)cc1. The molecule has 0 heterocycles. The van der Waals surface area contributed by atoms with Crippen LogP contribution in [0.25, 0.3) is 0 Å². The van der Waals surface area contributed by atoms with Gasteiger partial charge in [0.15, 0.2) is 0 Å². The first-order valence-electron chi connectivity index (χ1n) is 8.01. The molecule has 2 rings (SSSR count). The van der Waals surface area contributed by atoms with Crippen LogP contribution >= 0.6 is 23.4 Å². The average molecular weight is 377 g/mol. The van der Waals surface area contributed by atoms with Gasteiger partial charge >= 0.3 is 0 Å². The van der Waals surface area contributed by atoms with Crippen LogP contribution in [0, 0.1) is 6.92 Å². The molecule has 0 aliphatic carbocycles. The number of thioether (sulfide) groups is 1. The molecule has 1 atom stereocenters. The van der Waals surface area contributed by atoms with Gasteiger partial charge in [-0.05, 0) is 38.1 Å². The van der Waals surface area contributed by atoms with E-state index < -0.39 is 0 Å². The minimum Gasteiger partial charge on any atom is -0.353 e. The highest BCUT2D eigenvalue weighted by Gasteiger charge is 2.14. The van der Waals surface area contributed by atoms with Gasteiger partial charge in [-0.2, -0.15) is 0 Å². The van der Waals surface area contributed by atoms with E-state index in [0.29, 0.717) is 23.7 Å². The van der Waals surface area contributed by atoms with Gasteiger partial charge in [-0.25, -0.2) is 0 Å². The second-order valence-electron chi connectivity index (χ2n) is 5.60. The zero-order chi connectivity index (χ0) is 18.2. The van der Waals surface area contributed by atoms with Crippen molar-refractivity contribution in [2.45, 2.75) is 24.0 Å². The van der Waals surface area contributed by atoms with E-state index >= 15 is 0 Å². The van der Waals surface area contributed by atoms with E-state index in [9.17, 15) is 9.59 Å². The fraction of sp³-hybridized carbons (Fsp3) is 0.263. The van der Waals surface area contributed by atoms with E-state index in [1.165, 1.54) is 17.3 Å². The first-order valence-corrected chi connectivity index (χ1v) is 9.27. The van der Waals surface area contributed by atoms with Crippen molar-refractivity contribution in [1.82, 2.24) is 10.6 Å². The Kier molecular flexibility index (Phi) is 7.34. The maximum Gasteiger partial charge on any atom is 0.252 e. The molecule has 0 saturated heterocycles. The van der Waals surface area contributed by atoms with Crippen LogP contribution in [-0.4, -0.2) is 30.2 Å². The minimum atomic E-state index is -0.248. The number of nitrogens with one attached hydrogen (secondary N) is 2. The van der Waals surface area contributed by atoms with Crippen LogP contribution in [0.3, 0.4) is 0 Å². The standard InChI is InChI=1S/C19H21ClN2O2S/c1-13-7-9-15(10-8-13)25-14(2)18(23)21-11-12-22-19(24)16-5-3-4-6-17(16)20/h3-10,14H,11-12H2,1-2H3,(H,21,23)(H,22,24). The van der Waals surface area contributed by atoms with Crippen LogP contribution in [0.1, 0.15) is 22.8 Å². The third kappa shape index (κ3) is 6.11. The zero-order valence-corrected chi connectivity index (χ0v) is 15.8. The first-order chi connectivity index (χ1) is 12.0. The molecule has 132 valence electrons. The molecule has 6 heteroatoms. The maximum atomic E-state index is 12.1. The zero-order valence-electron chi connectivity index (χ0n) is 14.2. The molecule has 1 unspecified atom stereocenters. The van der Waals surface area contributed by atoms with Gasteiger partial charge in [-0.1, -0.05) is 41.4 Å². The van der Waals surface area contributed by atoms with Crippen molar-refractivity contribution in [3.8, 4) is 0 Å². The summed E-state index contributed by atoms with van der Waals surface area (Å²) in [6, 6.07) is 14.9. The van der Waals surface area contributed by atoms with Crippen molar-refractivity contribution in [1.29, 1.82) is 0 Å². The molecule has 0 bridgehead atoms. The highest BCUT2D eigenvalue weighted by atomic mass is 35.5. The lowest BCUT2D eigenvalue weighted by Gasteiger charge is -2.12. The van der Waals surface area contributed by atoms with Gasteiger partial charge in [-0.3, -0.25) is 9.59 Å². The summed E-state index contributed by atoms with van der Waals surface area (Å²) in [4.78, 5) is 25.2. The third-order valence-electron chi connectivity index (χ3n) is 3.53. The van der Waals surface area contributed by atoms with Crippen LogP contribution < -0.4 is 10.6 Å². The van der Waals surface area contributed by atoms with E-state index in [-0.39, 0.29) is 17.1 Å². The normalized spacial score (nSPS) is 11.6. The lowest BCUT2D eigenvalue weighted by atomic mass is 10.2. The van der Waals surface area contributed by atoms with Crippen LogP contribution in [0.5, 0.6) is 0 Å². The Morgan fingerprint density at radius 3 is 2.36 bits per heavy atom. The molecular formula is C19H21ClN2O2S. The van der Waals surface area contributed by atoms with Crippen molar-refractivity contribution in [3.05, 3.63) is 64.7 Å². The molecule has 2 aromatic rings. The Labute approximate surface area is 157 Å². The number of aryl methyl sites for hydroxylation is 1. The lowest BCUT2D eigenvalue weighted by Crippen LogP contribution is -2.37. The molecule has 25 heavy (non-hydrogen) atoms. The first kappa shape index (κ1) is 19.3. The second kappa shape index (κ2) is 9.49. The largest absolute Gasteiger partial charge is 0.353 e. The summed E-state index contributed by atoms with van der Waals surface area (Å²) in [6.07, 6.45) is 0. The van der Waals surface area contributed by atoms with Gasteiger partial charge < -0.3 is 10.6 Å². The molecule has 0 aliphatic rings. The summed E-state index contributed by atoms with van der Waals surface area (Å²) in [5.41, 5.74) is 1.62. The Morgan fingerprint density at radius 1 is 1.04 bits per heavy atom. The summed E-state index contributed by atoms with van der Waals surface area (Å²) in [5, 5.41) is 5.78. The summed E-state index contributed by atoms with van der Waals surface area (Å²) < 4.78 is 0. The highest BCUT2D eigenvalue weighted by molar-refractivity contribution is 8.00. The lowest BCUT2D eigenvalue weighted by molar-refractivity contribution is -0.120. The molecule has 0 aliphatic heterocycles. The maximum absolute atomic E-state index is 12.1. The number of benzene rings is 2. The van der Waals surface area contributed by atoms with Gasteiger partial charge in [-0.15, -0.1) is 11.8 Å². The number of carbonyl (C=O) groups excluding carboxylic acids is 2. The number of halogens is 1. The van der Waals surface area contributed by atoms with Crippen LogP contribution in [-0.2, 0) is 4.79 Å². The average Bonchev–Trinajstić information content (AvgIpc) is 2.60. The van der Waals surface area contributed by atoms with Gasteiger partial charge in [0.05, 0.1) is 15.8 Å². The predicted molar refractivity (Wildman–Crippen MR) is 103 cm³/mol. The van der Waals surface area contributed by atoms with E-state index in [2.05, 4.69) is 10.6 Å². The fourth-order valence-corrected chi connectivity index (χ4v) is 3.23. The van der Waals surface area contributed by atoms with Crippen molar-refractivity contribution in [3.63, 3.8) is 0 Å². The molecule has 0 saturated carbocycles. The quantitative estimate of drug-likeness (QED) is 0.572. The Morgan fingerprint density at radius 2 is 1.68 bits per heavy atom. The van der Waals surface area contributed by atoms with Gasteiger partial charge in [0.25, 0.3) is 5.91 Å². The van der Waals surface area contributed by atoms with Gasteiger partial charge in [0.2, 0.25) is 5.91 Å². The molecule has 2 amide bonds. The van der Waals surface area contributed by atoms with Crippen molar-refractivity contribution in [2.75, 3.05) is 13.1 Å². The molecule has 0 aromatic heterocycles. The molecule has 0 spiro atoms. The second-order valence-corrected chi connectivity index (χ2v) is 7.42. The number of carbonyl (C=O) groups is 2. The summed E-state index contributed by atoms with van der Waals surface area (Å²) in [7, 11) is 0. The summed E-state index contributed by atoms with van der Waals surface area (Å²) in [6.45, 7) is 4.61. The van der Waals surface area contributed by atoms with Crippen LogP contribution in [0.15, 0.2) is 53.4 Å². The van der Waals surface area contributed by atoms with Crippen molar-refractivity contribution in [2.24, 2.45) is 0 Å². The van der Waals surface area contributed by atoms with Crippen molar-refractivity contribution >= 4 is 35.2 Å².